The summed E-state index contributed by atoms with van der Waals surface area (Å²) in [4.78, 5) is 9.74. The summed E-state index contributed by atoms with van der Waals surface area (Å²) in [6.07, 6.45) is 0.371. The number of hydrogen-bond acceptors (Lipinski definition) is 3. The SMILES string of the molecule is NCC(C=O)S(=O)O. The summed E-state index contributed by atoms with van der Waals surface area (Å²) in [5.74, 6) is 0. The summed E-state index contributed by atoms with van der Waals surface area (Å²) in [6.45, 7) is -0.0768. The molecule has 5 heteroatoms. The van der Waals surface area contributed by atoms with Gasteiger partial charge in [0.15, 0.2) is 11.1 Å². The van der Waals surface area contributed by atoms with Crippen molar-refractivity contribution in [1.82, 2.24) is 0 Å². The van der Waals surface area contributed by atoms with Gasteiger partial charge in [0.25, 0.3) is 0 Å². The van der Waals surface area contributed by atoms with E-state index in [4.69, 9.17) is 10.3 Å². The van der Waals surface area contributed by atoms with Gasteiger partial charge in [-0.05, 0) is 0 Å². The zero-order chi connectivity index (χ0) is 6.57. The molecule has 0 radical (unpaired) electrons. The van der Waals surface area contributed by atoms with Crippen LogP contribution in [0.15, 0.2) is 0 Å². The molecule has 0 heterocycles. The lowest BCUT2D eigenvalue weighted by molar-refractivity contribution is -0.107. The number of rotatable bonds is 3. The number of aldehydes is 1. The fourth-order valence-corrected chi connectivity index (χ4v) is 0.445. The minimum Gasteiger partial charge on any atom is -0.329 e. The van der Waals surface area contributed by atoms with Crippen LogP contribution in [0.3, 0.4) is 0 Å². The Morgan fingerprint density at radius 1 is 1.88 bits per heavy atom. The van der Waals surface area contributed by atoms with Gasteiger partial charge in [0.05, 0.1) is 0 Å². The van der Waals surface area contributed by atoms with E-state index in [1.54, 1.807) is 0 Å². The predicted octanol–water partition coefficient (Wildman–Crippen LogP) is -1.27. The molecule has 0 saturated carbocycles. The average molecular weight is 137 g/mol. The van der Waals surface area contributed by atoms with E-state index >= 15 is 0 Å². The van der Waals surface area contributed by atoms with Gasteiger partial charge in [-0.2, -0.15) is 0 Å². The predicted molar refractivity (Wildman–Crippen MR) is 29.7 cm³/mol. The lowest BCUT2D eigenvalue weighted by Crippen LogP contribution is -2.26. The summed E-state index contributed by atoms with van der Waals surface area (Å²) >= 11 is -2.10. The molecule has 0 aromatic heterocycles. The van der Waals surface area contributed by atoms with Crippen LogP contribution in [0, 0.1) is 0 Å². The van der Waals surface area contributed by atoms with Crippen molar-refractivity contribution in [3.05, 3.63) is 0 Å². The second-order valence-corrected chi connectivity index (χ2v) is 2.34. The normalized spacial score (nSPS) is 17.2. The first-order valence-electron chi connectivity index (χ1n) is 1.97. The monoisotopic (exact) mass is 137 g/mol. The molecular formula is C3H7NO3S. The maximum atomic E-state index is 9.96. The zero-order valence-corrected chi connectivity index (χ0v) is 4.93. The Kier molecular flexibility index (Phi) is 3.59. The standard InChI is InChI=1S/C3H7NO3S/c4-1-3(2-5)8(6)7/h2-3H,1,4H2,(H,6,7). The van der Waals surface area contributed by atoms with E-state index in [-0.39, 0.29) is 6.54 Å². The molecule has 0 amide bonds. The topological polar surface area (TPSA) is 80.4 Å². The second kappa shape index (κ2) is 3.71. The van der Waals surface area contributed by atoms with Gasteiger partial charge in [-0.1, -0.05) is 0 Å². The van der Waals surface area contributed by atoms with Gasteiger partial charge in [0.2, 0.25) is 0 Å². The van der Waals surface area contributed by atoms with Gasteiger partial charge >= 0.3 is 0 Å². The highest BCUT2D eigenvalue weighted by atomic mass is 32.2. The first-order valence-corrected chi connectivity index (χ1v) is 3.14. The summed E-state index contributed by atoms with van der Waals surface area (Å²) in [7, 11) is 0. The van der Waals surface area contributed by atoms with Crippen molar-refractivity contribution in [1.29, 1.82) is 0 Å². The Labute approximate surface area is 49.3 Å². The average Bonchev–Trinajstić information content (AvgIpc) is 1.69. The molecule has 8 heavy (non-hydrogen) atoms. The quantitative estimate of drug-likeness (QED) is 0.375. The highest BCUT2D eigenvalue weighted by molar-refractivity contribution is 7.80. The molecular weight excluding hydrogens is 130 g/mol. The molecule has 48 valence electrons. The van der Waals surface area contributed by atoms with Crippen molar-refractivity contribution >= 4 is 17.4 Å². The molecule has 0 spiro atoms. The van der Waals surface area contributed by atoms with Crippen molar-refractivity contribution in [2.24, 2.45) is 5.73 Å². The fourth-order valence-electron chi connectivity index (χ4n) is 0.185. The van der Waals surface area contributed by atoms with Crippen molar-refractivity contribution in [3.8, 4) is 0 Å². The molecule has 3 N–H and O–H groups in total. The van der Waals surface area contributed by atoms with Crippen LogP contribution in [0.5, 0.6) is 0 Å². The van der Waals surface area contributed by atoms with Gasteiger partial charge in [-0.3, -0.25) is 0 Å². The van der Waals surface area contributed by atoms with Crippen molar-refractivity contribution in [2.45, 2.75) is 5.25 Å². The number of hydrogen-bond donors (Lipinski definition) is 2. The molecule has 0 aliphatic heterocycles. The number of carbonyl (C=O) groups excluding carboxylic acids is 1. The van der Waals surface area contributed by atoms with E-state index in [0.29, 0.717) is 6.29 Å². The van der Waals surface area contributed by atoms with Gasteiger partial charge in [0, 0.05) is 6.54 Å². The minimum absolute atomic E-state index is 0.0768. The molecule has 0 fully saturated rings. The van der Waals surface area contributed by atoms with Gasteiger partial charge in [0.1, 0.15) is 11.5 Å². The van der Waals surface area contributed by atoms with Crippen LogP contribution in [0.4, 0.5) is 0 Å². The Morgan fingerprint density at radius 2 is 2.38 bits per heavy atom. The molecule has 0 aliphatic carbocycles. The van der Waals surface area contributed by atoms with E-state index in [1.165, 1.54) is 0 Å². The molecule has 0 rings (SSSR count). The lowest BCUT2D eigenvalue weighted by Gasteiger charge is -1.96. The largest absolute Gasteiger partial charge is 0.329 e. The second-order valence-electron chi connectivity index (χ2n) is 1.19. The van der Waals surface area contributed by atoms with Crippen LogP contribution in [-0.2, 0) is 15.9 Å². The van der Waals surface area contributed by atoms with Crippen LogP contribution in [-0.4, -0.2) is 26.8 Å². The first kappa shape index (κ1) is 7.74. The van der Waals surface area contributed by atoms with Crippen molar-refractivity contribution in [2.75, 3.05) is 6.54 Å². The van der Waals surface area contributed by atoms with Gasteiger partial charge in [-0.15, -0.1) is 0 Å². The Hall–Kier alpha value is -0.260. The highest BCUT2D eigenvalue weighted by Crippen LogP contribution is 1.83. The molecule has 4 nitrogen and oxygen atoms in total. The maximum absolute atomic E-state index is 9.96. The molecule has 0 aromatic carbocycles. The lowest BCUT2D eigenvalue weighted by atomic mass is 10.5. The van der Waals surface area contributed by atoms with E-state index in [2.05, 4.69) is 0 Å². The summed E-state index contributed by atoms with van der Waals surface area (Å²) in [5, 5.41) is -0.921. The third-order valence-electron chi connectivity index (χ3n) is 0.643. The Balaban J connectivity index is 3.69. The van der Waals surface area contributed by atoms with Crippen LogP contribution in [0.25, 0.3) is 0 Å². The van der Waals surface area contributed by atoms with Crippen LogP contribution < -0.4 is 5.73 Å². The molecule has 0 saturated heterocycles. The van der Waals surface area contributed by atoms with E-state index in [1.807, 2.05) is 0 Å². The maximum Gasteiger partial charge on any atom is 0.164 e. The summed E-state index contributed by atoms with van der Waals surface area (Å²) < 4.78 is 18.1. The third kappa shape index (κ3) is 2.15. The summed E-state index contributed by atoms with van der Waals surface area (Å²) in [5.41, 5.74) is 4.90. The number of nitrogens with two attached hydrogens (primary N) is 1. The zero-order valence-electron chi connectivity index (χ0n) is 4.11. The first-order chi connectivity index (χ1) is 3.72. The van der Waals surface area contributed by atoms with Crippen LogP contribution in [0.1, 0.15) is 0 Å². The van der Waals surface area contributed by atoms with Crippen molar-refractivity contribution < 1.29 is 13.6 Å². The Morgan fingerprint density at radius 3 is 2.38 bits per heavy atom. The third-order valence-corrected chi connectivity index (χ3v) is 1.46. The minimum atomic E-state index is -2.10. The van der Waals surface area contributed by atoms with Gasteiger partial charge < -0.3 is 15.1 Å². The smallest absolute Gasteiger partial charge is 0.164 e. The van der Waals surface area contributed by atoms with E-state index in [0.717, 1.165) is 0 Å². The van der Waals surface area contributed by atoms with E-state index < -0.39 is 16.3 Å². The highest BCUT2D eigenvalue weighted by Gasteiger charge is 2.09. The van der Waals surface area contributed by atoms with Crippen molar-refractivity contribution in [3.63, 3.8) is 0 Å². The number of carbonyl (C=O) groups is 1. The molecule has 0 aliphatic rings. The van der Waals surface area contributed by atoms with Gasteiger partial charge in [-0.25, -0.2) is 4.21 Å². The Bertz CT molecular complexity index is 105. The van der Waals surface area contributed by atoms with E-state index in [9.17, 15) is 9.00 Å². The molecule has 0 aromatic rings. The molecule has 2 atom stereocenters. The van der Waals surface area contributed by atoms with Crippen LogP contribution in [0.2, 0.25) is 0 Å². The molecule has 0 bridgehead atoms. The summed E-state index contributed by atoms with van der Waals surface area (Å²) in [6, 6.07) is 0. The fraction of sp³-hybridized carbons (Fsp3) is 0.667. The molecule has 2 unspecified atom stereocenters. The van der Waals surface area contributed by atoms with Crippen LogP contribution >= 0.6 is 0 Å².